The van der Waals surface area contributed by atoms with Crippen LogP contribution in [0.5, 0.6) is 0 Å². The molecule has 1 aromatic carbocycles. The van der Waals surface area contributed by atoms with Crippen LogP contribution in [-0.2, 0) is 9.47 Å². The first kappa shape index (κ1) is 15.4. The van der Waals surface area contributed by atoms with E-state index < -0.39 is 6.10 Å². The van der Waals surface area contributed by atoms with Gasteiger partial charge in [-0.3, -0.25) is 0 Å². The van der Waals surface area contributed by atoms with Gasteiger partial charge in [0.25, 0.3) is 0 Å². The summed E-state index contributed by atoms with van der Waals surface area (Å²) in [7, 11) is 1.61. The number of rotatable bonds is 8. The fourth-order valence-electron chi connectivity index (χ4n) is 1.52. The molecule has 2 atom stereocenters. The third kappa shape index (κ3) is 6.20. The number of hydrogen-bond donors (Lipinski definition) is 2. The van der Waals surface area contributed by atoms with Crippen LogP contribution in [-0.4, -0.2) is 44.2 Å². The first-order valence-corrected chi connectivity index (χ1v) is 6.18. The second kappa shape index (κ2) is 8.48. The third-order valence-corrected chi connectivity index (χ3v) is 2.53. The number of ether oxygens (including phenoxy) is 2. The molecule has 0 radical (unpaired) electrons. The topological polar surface area (TPSA) is 74.5 Å². The van der Waals surface area contributed by atoms with Crippen molar-refractivity contribution in [2.75, 3.05) is 32.2 Å². The van der Waals surface area contributed by atoms with E-state index in [1.165, 1.54) is 0 Å². The summed E-state index contributed by atoms with van der Waals surface area (Å²) in [6, 6.07) is 9.12. The number of methoxy groups -OCH3 is 1. The van der Waals surface area contributed by atoms with E-state index in [1.807, 2.05) is 6.92 Å². The Bertz CT molecular complexity index is 400. The van der Waals surface area contributed by atoms with E-state index in [-0.39, 0.29) is 12.7 Å². The number of aliphatic hydroxyl groups excluding tert-OH is 1. The highest BCUT2D eigenvalue weighted by Gasteiger charge is 2.07. The van der Waals surface area contributed by atoms with E-state index in [0.29, 0.717) is 18.7 Å². The zero-order chi connectivity index (χ0) is 14.1. The smallest absolute Gasteiger partial charge is 0.0991 e. The molecule has 0 aliphatic carbocycles. The Hall–Kier alpha value is -1.61. The van der Waals surface area contributed by atoms with Crippen LogP contribution in [0, 0.1) is 11.3 Å². The van der Waals surface area contributed by atoms with Gasteiger partial charge in [-0.25, -0.2) is 0 Å². The van der Waals surface area contributed by atoms with Crippen molar-refractivity contribution in [2.45, 2.75) is 19.1 Å². The van der Waals surface area contributed by atoms with Gasteiger partial charge in [0.2, 0.25) is 0 Å². The summed E-state index contributed by atoms with van der Waals surface area (Å²) in [5.41, 5.74) is 1.48. The number of anilines is 1. The van der Waals surface area contributed by atoms with Crippen molar-refractivity contribution >= 4 is 5.69 Å². The van der Waals surface area contributed by atoms with Crippen LogP contribution < -0.4 is 5.32 Å². The number of hydrogen-bond acceptors (Lipinski definition) is 5. The molecular formula is C14H20N2O3. The van der Waals surface area contributed by atoms with Crippen LogP contribution in [0.2, 0.25) is 0 Å². The molecule has 1 aromatic rings. The molecule has 2 N–H and O–H groups in total. The Morgan fingerprint density at radius 3 is 2.58 bits per heavy atom. The third-order valence-electron chi connectivity index (χ3n) is 2.53. The van der Waals surface area contributed by atoms with Gasteiger partial charge >= 0.3 is 0 Å². The molecule has 1 rings (SSSR count). The molecule has 2 unspecified atom stereocenters. The van der Waals surface area contributed by atoms with E-state index in [2.05, 4.69) is 11.4 Å². The Balaban J connectivity index is 2.25. The number of benzene rings is 1. The second-order valence-corrected chi connectivity index (χ2v) is 4.32. The summed E-state index contributed by atoms with van der Waals surface area (Å²) < 4.78 is 10.3. The predicted molar refractivity (Wildman–Crippen MR) is 72.9 cm³/mol. The van der Waals surface area contributed by atoms with Crippen LogP contribution in [0.4, 0.5) is 5.69 Å². The highest BCUT2D eigenvalue weighted by Crippen LogP contribution is 2.08. The van der Waals surface area contributed by atoms with Gasteiger partial charge in [0.15, 0.2) is 0 Å². The first-order chi connectivity index (χ1) is 9.15. The maximum Gasteiger partial charge on any atom is 0.0991 e. The summed E-state index contributed by atoms with van der Waals surface area (Å²) >= 11 is 0. The van der Waals surface area contributed by atoms with Gasteiger partial charge in [0.05, 0.1) is 37.1 Å². The second-order valence-electron chi connectivity index (χ2n) is 4.32. The van der Waals surface area contributed by atoms with Crippen molar-refractivity contribution < 1.29 is 14.6 Å². The molecule has 0 heterocycles. The molecule has 0 spiro atoms. The number of nitrogens with zero attached hydrogens (tertiary/aromatic N) is 1. The van der Waals surface area contributed by atoms with Gasteiger partial charge < -0.3 is 19.9 Å². The lowest BCUT2D eigenvalue weighted by molar-refractivity contribution is -0.0282. The number of nitrogens with one attached hydrogen (secondary N) is 1. The molecule has 5 heteroatoms. The summed E-state index contributed by atoms with van der Waals surface area (Å²) in [4.78, 5) is 0. The normalized spacial score (nSPS) is 13.6. The molecule has 0 saturated carbocycles. The standard InChI is InChI=1S/C14H20N2O3/c1-11(9-18-2)19-10-14(17)8-16-13-5-3-12(7-15)4-6-13/h3-6,11,14,16-17H,8-10H2,1-2H3. The van der Waals surface area contributed by atoms with Gasteiger partial charge in [-0.05, 0) is 31.2 Å². The van der Waals surface area contributed by atoms with Gasteiger partial charge in [-0.1, -0.05) is 0 Å². The van der Waals surface area contributed by atoms with E-state index in [4.69, 9.17) is 14.7 Å². The highest BCUT2D eigenvalue weighted by atomic mass is 16.5. The van der Waals surface area contributed by atoms with Gasteiger partial charge in [-0.2, -0.15) is 5.26 Å². The molecule has 104 valence electrons. The molecule has 19 heavy (non-hydrogen) atoms. The molecule has 0 aliphatic heterocycles. The lowest BCUT2D eigenvalue weighted by Gasteiger charge is -2.16. The SMILES string of the molecule is COCC(C)OCC(O)CNc1ccc(C#N)cc1. The molecule has 0 aliphatic rings. The summed E-state index contributed by atoms with van der Waals surface area (Å²) in [5.74, 6) is 0. The van der Waals surface area contributed by atoms with Crippen LogP contribution in [0.1, 0.15) is 12.5 Å². The average Bonchev–Trinajstić information content (AvgIpc) is 2.44. The zero-order valence-corrected chi connectivity index (χ0v) is 11.3. The van der Waals surface area contributed by atoms with E-state index in [0.717, 1.165) is 5.69 Å². The van der Waals surface area contributed by atoms with Crippen molar-refractivity contribution in [1.29, 1.82) is 5.26 Å². The van der Waals surface area contributed by atoms with Crippen molar-refractivity contribution in [3.8, 4) is 6.07 Å². The van der Waals surface area contributed by atoms with Gasteiger partial charge in [0, 0.05) is 19.3 Å². The average molecular weight is 264 g/mol. The minimum absolute atomic E-state index is 0.0328. The number of aliphatic hydroxyl groups is 1. The van der Waals surface area contributed by atoms with E-state index in [1.54, 1.807) is 31.4 Å². The Morgan fingerprint density at radius 2 is 2.00 bits per heavy atom. The first-order valence-electron chi connectivity index (χ1n) is 6.18. The molecule has 0 aromatic heterocycles. The maximum absolute atomic E-state index is 9.75. The molecule has 0 saturated heterocycles. The summed E-state index contributed by atoms with van der Waals surface area (Å²) in [6.07, 6.45) is -0.621. The Morgan fingerprint density at radius 1 is 1.32 bits per heavy atom. The van der Waals surface area contributed by atoms with Gasteiger partial charge in [0.1, 0.15) is 0 Å². The van der Waals surface area contributed by atoms with Crippen LogP contribution in [0.15, 0.2) is 24.3 Å². The fraction of sp³-hybridized carbons (Fsp3) is 0.500. The minimum atomic E-state index is -0.588. The quantitative estimate of drug-likeness (QED) is 0.742. The van der Waals surface area contributed by atoms with E-state index >= 15 is 0 Å². The highest BCUT2D eigenvalue weighted by molar-refractivity contribution is 5.47. The minimum Gasteiger partial charge on any atom is -0.389 e. The van der Waals surface area contributed by atoms with Gasteiger partial charge in [-0.15, -0.1) is 0 Å². The maximum atomic E-state index is 9.75. The van der Waals surface area contributed by atoms with Crippen molar-refractivity contribution in [1.82, 2.24) is 0 Å². The van der Waals surface area contributed by atoms with Crippen molar-refractivity contribution in [3.63, 3.8) is 0 Å². The predicted octanol–water partition coefficient (Wildman–Crippen LogP) is 1.38. The Kier molecular flexibility index (Phi) is 6.90. The van der Waals surface area contributed by atoms with Crippen molar-refractivity contribution in [3.05, 3.63) is 29.8 Å². The summed E-state index contributed by atoms with van der Waals surface area (Å²) in [6.45, 7) is 3.06. The Labute approximate surface area is 113 Å². The molecular weight excluding hydrogens is 244 g/mol. The lowest BCUT2D eigenvalue weighted by Crippen LogP contribution is -2.28. The van der Waals surface area contributed by atoms with Crippen molar-refractivity contribution in [2.24, 2.45) is 0 Å². The molecule has 5 nitrogen and oxygen atoms in total. The van der Waals surface area contributed by atoms with E-state index in [9.17, 15) is 5.11 Å². The fourth-order valence-corrected chi connectivity index (χ4v) is 1.52. The van der Waals surface area contributed by atoms with Crippen LogP contribution in [0.25, 0.3) is 0 Å². The molecule has 0 bridgehead atoms. The summed E-state index contributed by atoms with van der Waals surface area (Å²) in [5, 5.41) is 21.5. The largest absolute Gasteiger partial charge is 0.389 e. The monoisotopic (exact) mass is 264 g/mol. The molecule has 0 fully saturated rings. The number of nitriles is 1. The van der Waals surface area contributed by atoms with Crippen LogP contribution in [0.3, 0.4) is 0 Å². The lowest BCUT2D eigenvalue weighted by atomic mass is 10.2. The van der Waals surface area contributed by atoms with Crippen LogP contribution >= 0.6 is 0 Å². The zero-order valence-electron chi connectivity index (χ0n) is 11.3. The molecule has 0 amide bonds.